The van der Waals surface area contributed by atoms with Gasteiger partial charge in [0.2, 0.25) is 0 Å². The van der Waals surface area contributed by atoms with Crippen LogP contribution in [0.25, 0.3) is 0 Å². The highest BCUT2D eigenvalue weighted by atomic mass is 32.2. The Morgan fingerprint density at radius 2 is 2.24 bits per heavy atom. The molecule has 2 rings (SSSR count). The minimum atomic E-state index is -3.56. The molecule has 116 valence electrons. The maximum atomic E-state index is 12.8. The highest BCUT2D eigenvalue weighted by molar-refractivity contribution is 7.89. The summed E-state index contributed by atoms with van der Waals surface area (Å²) in [6, 6.07) is 3.86. The lowest BCUT2D eigenvalue weighted by Gasteiger charge is -2.19. The Balaban J connectivity index is 2.24. The summed E-state index contributed by atoms with van der Waals surface area (Å²) in [5, 5.41) is 11.8. The van der Waals surface area contributed by atoms with Crippen LogP contribution in [0.2, 0.25) is 0 Å². The predicted octanol–water partition coefficient (Wildman–Crippen LogP) is 1.79. The lowest BCUT2D eigenvalue weighted by Crippen LogP contribution is -2.31. The van der Waals surface area contributed by atoms with E-state index in [9.17, 15) is 8.42 Å². The van der Waals surface area contributed by atoms with Crippen molar-refractivity contribution < 1.29 is 8.42 Å². The molecule has 0 saturated heterocycles. The molecule has 0 bridgehead atoms. The fourth-order valence-electron chi connectivity index (χ4n) is 1.98. The number of sulfonamides is 1. The third-order valence-electron chi connectivity index (χ3n) is 3.11. The van der Waals surface area contributed by atoms with Crippen LogP contribution < -0.4 is 5.32 Å². The zero-order valence-electron chi connectivity index (χ0n) is 12.2. The Hall–Kier alpha value is -1.22. The number of hydrogen-bond donors (Lipinski definition) is 2. The molecule has 0 aliphatic carbocycles. The van der Waals surface area contributed by atoms with E-state index >= 15 is 0 Å². The molecule has 0 aliphatic rings. The summed E-state index contributed by atoms with van der Waals surface area (Å²) < 4.78 is 27.0. The molecule has 0 radical (unpaired) electrons. The number of nitrogens with zero attached hydrogens (tertiary/aromatic N) is 2. The van der Waals surface area contributed by atoms with E-state index in [1.165, 1.54) is 4.31 Å². The van der Waals surface area contributed by atoms with E-state index in [4.69, 9.17) is 0 Å². The lowest BCUT2D eigenvalue weighted by molar-refractivity contribution is 0.423. The van der Waals surface area contributed by atoms with E-state index < -0.39 is 10.0 Å². The normalized spacial score (nSPS) is 12.1. The first-order valence-electron chi connectivity index (χ1n) is 6.85. The van der Waals surface area contributed by atoms with E-state index in [2.05, 4.69) is 15.5 Å². The van der Waals surface area contributed by atoms with Crippen LogP contribution in [0.1, 0.15) is 24.3 Å². The number of aromatic nitrogens is 2. The van der Waals surface area contributed by atoms with Crippen LogP contribution in [-0.4, -0.2) is 36.0 Å². The topological polar surface area (TPSA) is 78.1 Å². The van der Waals surface area contributed by atoms with Gasteiger partial charge < -0.3 is 5.32 Å². The van der Waals surface area contributed by atoms with Gasteiger partial charge in [-0.2, -0.15) is 9.40 Å². The molecule has 0 amide bonds. The van der Waals surface area contributed by atoms with Crippen LogP contribution in [0.3, 0.4) is 0 Å². The molecule has 0 atom stereocenters. The zero-order chi connectivity index (χ0) is 15.3. The lowest BCUT2D eigenvalue weighted by atomic mass is 10.3. The van der Waals surface area contributed by atoms with Gasteiger partial charge in [0, 0.05) is 30.1 Å². The quantitative estimate of drug-likeness (QED) is 0.774. The van der Waals surface area contributed by atoms with E-state index in [0.29, 0.717) is 25.2 Å². The molecule has 8 heteroatoms. The molecule has 2 N–H and O–H groups in total. The molecule has 0 aromatic carbocycles. The van der Waals surface area contributed by atoms with Crippen molar-refractivity contribution >= 4 is 21.4 Å². The van der Waals surface area contributed by atoms with Gasteiger partial charge in [0.15, 0.2) is 5.03 Å². The number of thiophene rings is 1. The van der Waals surface area contributed by atoms with Gasteiger partial charge in [-0.1, -0.05) is 19.9 Å². The van der Waals surface area contributed by atoms with Crippen LogP contribution in [0.4, 0.5) is 0 Å². The summed E-state index contributed by atoms with van der Waals surface area (Å²) in [6.45, 7) is 5.88. The molecule has 0 spiro atoms. The number of aromatic amines is 1. The molecule has 2 heterocycles. The highest BCUT2D eigenvalue weighted by Crippen LogP contribution is 2.21. The third-order valence-corrected chi connectivity index (χ3v) is 5.90. The van der Waals surface area contributed by atoms with Crippen molar-refractivity contribution in [3.8, 4) is 0 Å². The molecule has 21 heavy (non-hydrogen) atoms. The Morgan fingerprint density at radius 1 is 1.43 bits per heavy atom. The van der Waals surface area contributed by atoms with Crippen LogP contribution in [0.15, 0.2) is 28.7 Å². The second kappa shape index (κ2) is 7.17. The Bertz CT molecular complexity index is 650. The maximum absolute atomic E-state index is 12.8. The molecular weight excluding hydrogens is 308 g/mol. The van der Waals surface area contributed by atoms with Crippen molar-refractivity contribution in [3.05, 3.63) is 34.2 Å². The summed E-state index contributed by atoms with van der Waals surface area (Å²) in [7, 11) is -3.56. The molecule has 0 fully saturated rings. The average Bonchev–Trinajstić information content (AvgIpc) is 3.13. The van der Waals surface area contributed by atoms with Gasteiger partial charge in [-0.05, 0) is 18.0 Å². The van der Waals surface area contributed by atoms with Crippen LogP contribution in [-0.2, 0) is 23.1 Å². The largest absolute Gasteiger partial charge is 0.313 e. The maximum Gasteiger partial charge on any atom is 0.260 e. The summed E-state index contributed by atoms with van der Waals surface area (Å²) in [5.41, 5.74) is 0.668. The summed E-state index contributed by atoms with van der Waals surface area (Å²) in [4.78, 5) is 1.02. The first-order chi connectivity index (χ1) is 10.1. The average molecular weight is 328 g/mol. The first-order valence-corrected chi connectivity index (χ1v) is 9.17. The predicted molar refractivity (Wildman–Crippen MR) is 83.6 cm³/mol. The molecule has 2 aromatic heterocycles. The summed E-state index contributed by atoms with van der Waals surface area (Å²) >= 11 is 1.55. The van der Waals surface area contributed by atoms with Gasteiger partial charge in [-0.15, -0.1) is 11.3 Å². The summed E-state index contributed by atoms with van der Waals surface area (Å²) in [6.07, 6.45) is 1.56. The van der Waals surface area contributed by atoms with Crippen LogP contribution >= 0.6 is 11.3 Å². The van der Waals surface area contributed by atoms with Gasteiger partial charge >= 0.3 is 0 Å². The standard InChI is InChI=1S/C13H20N4O2S2/c1-3-14-8-11-9-15-16-13(11)21(18,19)17(4-2)10-12-6-5-7-20-12/h5-7,9,14H,3-4,8,10H2,1-2H3,(H,15,16). The minimum absolute atomic E-state index is 0.182. The van der Waals surface area contributed by atoms with Crippen molar-refractivity contribution in [1.29, 1.82) is 0 Å². The summed E-state index contributed by atoms with van der Waals surface area (Å²) in [5.74, 6) is 0. The second-order valence-corrected chi connectivity index (χ2v) is 7.42. The SMILES string of the molecule is CCNCc1cn[nH]c1S(=O)(=O)N(CC)Cc1cccs1. The van der Waals surface area contributed by atoms with Gasteiger partial charge in [-0.25, -0.2) is 8.42 Å². The van der Waals surface area contributed by atoms with E-state index in [1.807, 2.05) is 31.4 Å². The monoisotopic (exact) mass is 328 g/mol. The fourth-order valence-corrected chi connectivity index (χ4v) is 4.31. The highest BCUT2D eigenvalue weighted by Gasteiger charge is 2.27. The molecule has 0 aliphatic heterocycles. The molecule has 0 unspecified atom stereocenters. The van der Waals surface area contributed by atoms with Crippen molar-refractivity contribution in [3.63, 3.8) is 0 Å². The number of H-pyrrole nitrogens is 1. The van der Waals surface area contributed by atoms with Gasteiger partial charge in [0.1, 0.15) is 0 Å². The van der Waals surface area contributed by atoms with Crippen molar-refractivity contribution in [2.45, 2.75) is 32.0 Å². The second-order valence-electron chi connectivity index (χ2n) is 4.52. The van der Waals surface area contributed by atoms with Gasteiger partial charge in [0.25, 0.3) is 10.0 Å². The molecular formula is C13H20N4O2S2. The molecule has 6 nitrogen and oxygen atoms in total. The number of rotatable bonds is 8. The Labute approximate surface area is 129 Å². The van der Waals surface area contributed by atoms with E-state index in [1.54, 1.807) is 17.5 Å². The fraction of sp³-hybridized carbons (Fsp3) is 0.462. The molecule has 0 saturated carbocycles. The zero-order valence-corrected chi connectivity index (χ0v) is 13.8. The number of hydrogen-bond acceptors (Lipinski definition) is 5. The Morgan fingerprint density at radius 3 is 2.86 bits per heavy atom. The van der Waals surface area contributed by atoms with E-state index in [0.717, 1.165) is 11.4 Å². The number of nitrogens with one attached hydrogen (secondary N) is 2. The van der Waals surface area contributed by atoms with Gasteiger partial charge in [0.05, 0.1) is 6.20 Å². The minimum Gasteiger partial charge on any atom is -0.313 e. The van der Waals surface area contributed by atoms with Crippen LogP contribution in [0, 0.1) is 0 Å². The van der Waals surface area contributed by atoms with Crippen molar-refractivity contribution in [2.24, 2.45) is 0 Å². The smallest absolute Gasteiger partial charge is 0.260 e. The van der Waals surface area contributed by atoms with Crippen molar-refractivity contribution in [1.82, 2.24) is 19.8 Å². The molecule has 2 aromatic rings. The first kappa shape index (κ1) is 16.2. The third kappa shape index (κ3) is 3.70. The van der Waals surface area contributed by atoms with Crippen molar-refractivity contribution in [2.75, 3.05) is 13.1 Å². The van der Waals surface area contributed by atoms with E-state index in [-0.39, 0.29) is 5.03 Å². The van der Waals surface area contributed by atoms with Crippen LogP contribution in [0.5, 0.6) is 0 Å². The van der Waals surface area contributed by atoms with Gasteiger partial charge in [-0.3, -0.25) is 5.10 Å². The Kier molecular flexibility index (Phi) is 5.51.